The van der Waals surface area contributed by atoms with Gasteiger partial charge in [0.1, 0.15) is 0 Å². The Morgan fingerprint density at radius 1 is 1.22 bits per heavy atom. The first-order valence-corrected chi connectivity index (χ1v) is 7.72. The highest BCUT2D eigenvalue weighted by atomic mass is 32.2. The number of sulfonamides is 1. The number of benzene rings is 1. The minimum absolute atomic E-state index is 0.0572. The summed E-state index contributed by atoms with van der Waals surface area (Å²) in [5.74, 6) is 0.0572. The fourth-order valence-electron chi connectivity index (χ4n) is 1.65. The molecule has 0 aliphatic heterocycles. The van der Waals surface area contributed by atoms with Crippen LogP contribution in [0.3, 0.4) is 0 Å². The van der Waals surface area contributed by atoms with Crippen LogP contribution in [0.2, 0.25) is 0 Å². The van der Waals surface area contributed by atoms with Crippen LogP contribution in [0.15, 0.2) is 24.3 Å². The zero-order valence-electron chi connectivity index (χ0n) is 11.3. The summed E-state index contributed by atoms with van der Waals surface area (Å²) in [6, 6.07) is 7.56. The van der Waals surface area contributed by atoms with Gasteiger partial charge in [0.25, 0.3) is 0 Å². The molecule has 0 aliphatic carbocycles. The monoisotopic (exact) mass is 270 g/mol. The Morgan fingerprint density at radius 3 is 2.50 bits per heavy atom. The first-order valence-electron chi connectivity index (χ1n) is 6.07. The van der Waals surface area contributed by atoms with Gasteiger partial charge in [-0.2, -0.15) is 0 Å². The largest absolute Gasteiger partial charge is 0.309 e. The Kier molecular flexibility index (Phi) is 5.78. The molecule has 1 N–H and O–H groups in total. The molecule has 102 valence electrons. The summed E-state index contributed by atoms with van der Waals surface area (Å²) in [7, 11) is 0.724. The summed E-state index contributed by atoms with van der Waals surface area (Å²) in [6.07, 6.45) is 0.819. The zero-order chi connectivity index (χ0) is 13.6. The molecule has 0 saturated heterocycles. The average Bonchev–Trinajstić information content (AvgIpc) is 2.27. The SMILES string of the molecule is Cc1ccccc1CS(=O)(=O)NCCCN(C)C. The van der Waals surface area contributed by atoms with Crippen molar-refractivity contribution in [2.75, 3.05) is 27.2 Å². The molecule has 0 fully saturated rings. The van der Waals surface area contributed by atoms with Crippen molar-refractivity contribution >= 4 is 10.0 Å². The van der Waals surface area contributed by atoms with Crippen LogP contribution in [0.4, 0.5) is 0 Å². The number of rotatable bonds is 7. The maximum absolute atomic E-state index is 11.9. The molecule has 18 heavy (non-hydrogen) atoms. The second kappa shape index (κ2) is 6.87. The van der Waals surface area contributed by atoms with E-state index in [1.807, 2.05) is 50.2 Å². The second-order valence-electron chi connectivity index (χ2n) is 4.74. The Morgan fingerprint density at radius 2 is 1.89 bits per heavy atom. The maximum Gasteiger partial charge on any atom is 0.215 e. The van der Waals surface area contributed by atoms with E-state index in [2.05, 4.69) is 4.72 Å². The van der Waals surface area contributed by atoms with E-state index in [1.54, 1.807) is 0 Å². The first-order chi connectivity index (χ1) is 8.41. The van der Waals surface area contributed by atoms with Gasteiger partial charge in [-0.05, 0) is 45.1 Å². The highest BCUT2D eigenvalue weighted by Crippen LogP contribution is 2.10. The molecular weight excluding hydrogens is 248 g/mol. The molecule has 0 atom stereocenters. The fraction of sp³-hybridized carbons (Fsp3) is 0.538. The van der Waals surface area contributed by atoms with Gasteiger partial charge in [-0.1, -0.05) is 24.3 Å². The van der Waals surface area contributed by atoms with Crippen molar-refractivity contribution in [2.45, 2.75) is 19.1 Å². The lowest BCUT2D eigenvalue weighted by Crippen LogP contribution is -2.28. The lowest BCUT2D eigenvalue weighted by atomic mass is 10.1. The molecule has 4 nitrogen and oxygen atoms in total. The van der Waals surface area contributed by atoms with Crippen LogP contribution in [0.1, 0.15) is 17.5 Å². The van der Waals surface area contributed by atoms with Gasteiger partial charge in [0.2, 0.25) is 10.0 Å². The molecule has 1 aromatic rings. The molecule has 0 radical (unpaired) electrons. The van der Waals surface area contributed by atoms with Crippen LogP contribution in [0, 0.1) is 6.92 Å². The normalized spacial score (nSPS) is 12.0. The van der Waals surface area contributed by atoms with Crippen molar-refractivity contribution in [1.29, 1.82) is 0 Å². The van der Waals surface area contributed by atoms with E-state index in [0.717, 1.165) is 24.1 Å². The molecule has 0 unspecified atom stereocenters. The third kappa shape index (κ3) is 5.62. The van der Waals surface area contributed by atoms with Gasteiger partial charge >= 0.3 is 0 Å². The van der Waals surface area contributed by atoms with E-state index in [4.69, 9.17) is 0 Å². The molecule has 0 spiro atoms. The molecule has 0 aromatic heterocycles. The number of hydrogen-bond donors (Lipinski definition) is 1. The van der Waals surface area contributed by atoms with E-state index < -0.39 is 10.0 Å². The highest BCUT2D eigenvalue weighted by molar-refractivity contribution is 7.88. The molecule has 0 bridgehead atoms. The molecule has 0 amide bonds. The summed E-state index contributed by atoms with van der Waals surface area (Å²) < 4.78 is 26.4. The van der Waals surface area contributed by atoms with Gasteiger partial charge in [0.15, 0.2) is 0 Å². The number of nitrogens with zero attached hydrogens (tertiary/aromatic N) is 1. The summed E-state index contributed by atoms with van der Waals surface area (Å²) >= 11 is 0. The van der Waals surface area contributed by atoms with Crippen LogP contribution in [-0.2, 0) is 15.8 Å². The topological polar surface area (TPSA) is 49.4 Å². The number of aryl methyl sites for hydroxylation is 1. The van der Waals surface area contributed by atoms with Crippen molar-refractivity contribution in [2.24, 2.45) is 0 Å². The van der Waals surface area contributed by atoms with Gasteiger partial charge < -0.3 is 4.90 Å². The standard InChI is InChI=1S/C13H22N2O2S/c1-12-7-4-5-8-13(12)11-18(16,17)14-9-6-10-15(2)3/h4-5,7-8,14H,6,9-11H2,1-3H3. The summed E-state index contributed by atoms with van der Waals surface area (Å²) in [5.41, 5.74) is 1.87. The smallest absolute Gasteiger partial charge is 0.215 e. The van der Waals surface area contributed by atoms with Gasteiger partial charge in [-0.25, -0.2) is 13.1 Å². The lowest BCUT2D eigenvalue weighted by Gasteiger charge is -2.11. The predicted molar refractivity (Wildman–Crippen MR) is 75.0 cm³/mol. The highest BCUT2D eigenvalue weighted by Gasteiger charge is 2.11. The van der Waals surface area contributed by atoms with Crippen molar-refractivity contribution in [1.82, 2.24) is 9.62 Å². The van der Waals surface area contributed by atoms with Crippen LogP contribution >= 0.6 is 0 Å². The quantitative estimate of drug-likeness (QED) is 0.761. The Hall–Kier alpha value is -0.910. The van der Waals surface area contributed by atoms with Crippen molar-refractivity contribution in [3.63, 3.8) is 0 Å². The van der Waals surface area contributed by atoms with Crippen molar-refractivity contribution in [3.05, 3.63) is 35.4 Å². The minimum atomic E-state index is -3.22. The van der Waals surface area contributed by atoms with E-state index >= 15 is 0 Å². The Bertz CT molecular complexity index is 470. The van der Waals surface area contributed by atoms with E-state index in [9.17, 15) is 8.42 Å². The van der Waals surface area contributed by atoms with E-state index in [0.29, 0.717) is 6.54 Å². The van der Waals surface area contributed by atoms with Crippen LogP contribution in [0.5, 0.6) is 0 Å². The third-order valence-electron chi connectivity index (χ3n) is 2.71. The molecule has 0 saturated carbocycles. The minimum Gasteiger partial charge on any atom is -0.309 e. The Balaban J connectivity index is 2.48. The summed E-state index contributed by atoms with van der Waals surface area (Å²) in [6.45, 7) is 3.30. The van der Waals surface area contributed by atoms with Crippen LogP contribution < -0.4 is 4.72 Å². The zero-order valence-corrected chi connectivity index (χ0v) is 12.1. The molecular formula is C13H22N2O2S. The lowest BCUT2D eigenvalue weighted by molar-refractivity contribution is 0.400. The maximum atomic E-state index is 11.9. The van der Waals surface area contributed by atoms with Crippen LogP contribution in [0.25, 0.3) is 0 Å². The Labute approximate surface area is 110 Å². The summed E-state index contributed by atoms with van der Waals surface area (Å²) in [5, 5.41) is 0. The molecule has 0 heterocycles. The fourth-order valence-corrected chi connectivity index (χ4v) is 2.94. The first kappa shape index (κ1) is 15.1. The van der Waals surface area contributed by atoms with Gasteiger partial charge in [0, 0.05) is 6.54 Å². The van der Waals surface area contributed by atoms with Gasteiger partial charge in [-0.3, -0.25) is 0 Å². The van der Waals surface area contributed by atoms with Crippen LogP contribution in [-0.4, -0.2) is 40.5 Å². The molecule has 1 aromatic carbocycles. The van der Waals surface area contributed by atoms with E-state index in [1.165, 1.54) is 0 Å². The average molecular weight is 270 g/mol. The number of hydrogen-bond acceptors (Lipinski definition) is 3. The van der Waals surface area contributed by atoms with Gasteiger partial charge in [0.05, 0.1) is 5.75 Å². The summed E-state index contributed by atoms with van der Waals surface area (Å²) in [4.78, 5) is 2.04. The number of nitrogens with one attached hydrogen (secondary N) is 1. The molecule has 0 aliphatic rings. The molecule has 1 rings (SSSR count). The third-order valence-corrected chi connectivity index (χ3v) is 4.05. The van der Waals surface area contributed by atoms with Crippen molar-refractivity contribution in [3.8, 4) is 0 Å². The van der Waals surface area contributed by atoms with E-state index in [-0.39, 0.29) is 5.75 Å². The van der Waals surface area contributed by atoms with Crippen molar-refractivity contribution < 1.29 is 8.42 Å². The van der Waals surface area contributed by atoms with Gasteiger partial charge in [-0.15, -0.1) is 0 Å². The second-order valence-corrected chi connectivity index (χ2v) is 6.54. The molecule has 5 heteroatoms. The predicted octanol–water partition coefficient (Wildman–Crippen LogP) is 1.37.